The molecule has 0 aliphatic heterocycles. The van der Waals surface area contributed by atoms with E-state index in [9.17, 15) is 23.1 Å². The van der Waals surface area contributed by atoms with E-state index in [1.54, 1.807) is 0 Å². The Labute approximate surface area is 176 Å². The monoisotopic (exact) mass is 446 g/mol. The van der Waals surface area contributed by atoms with E-state index >= 15 is 0 Å². The number of rotatable bonds is 8. The molecule has 162 valence electrons. The zero-order chi connectivity index (χ0) is 21.4. The van der Waals surface area contributed by atoms with Crippen LogP contribution >= 0.6 is 11.6 Å². The van der Waals surface area contributed by atoms with Crippen LogP contribution in [0.5, 0.6) is 0 Å². The molecular formula is C19H27ClN2O6S. The van der Waals surface area contributed by atoms with Gasteiger partial charge in [-0.3, -0.25) is 9.59 Å². The summed E-state index contributed by atoms with van der Waals surface area (Å²) in [6, 6.07) is 3.83. The maximum Gasteiger partial charge on any atom is 0.327 e. The average Bonchev–Trinajstić information content (AvgIpc) is 2.93. The van der Waals surface area contributed by atoms with Crippen LogP contribution in [-0.2, 0) is 24.3 Å². The Morgan fingerprint density at radius 3 is 2.31 bits per heavy atom. The molecule has 1 aromatic rings. The van der Waals surface area contributed by atoms with Crippen LogP contribution in [0.1, 0.15) is 45.4 Å². The predicted molar refractivity (Wildman–Crippen MR) is 108 cm³/mol. The normalized spacial score (nSPS) is 17.8. The Morgan fingerprint density at radius 1 is 1.17 bits per heavy atom. The van der Waals surface area contributed by atoms with Crippen LogP contribution in [0.4, 0.5) is 0 Å². The van der Waals surface area contributed by atoms with Crippen molar-refractivity contribution >= 4 is 33.5 Å². The van der Waals surface area contributed by atoms with Crippen molar-refractivity contribution in [2.45, 2.75) is 68.5 Å². The van der Waals surface area contributed by atoms with Crippen molar-refractivity contribution < 1.29 is 27.9 Å². The van der Waals surface area contributed by atoms with Crippen LogP contribution in [-0.4, -0.2) is 50.2 Å². The maximum atomic E-state index is 12.4. The number of amides is 1. The van der Waals surface area contributed by atoms with Gasteiger partial charge in [-0.2, -0.15) is 4.72 Å². The SMILES string of the molecule is C[C@H](O)[C@@H](NS(=O)(=O)c1ccc(Cl)cc1)C(=O)OCC(=O)NC1CCCCCC1. The summed E-state index contributed by atoms with van der Waals surface area (Å²) in [5.41, 5.74) is 0. The van der Waals surface area contributed by atoms with E-state index in [0.29, 0.717) is 5.02 Å². The average molecular weight is 447 g/mol. The Balaban J connectivity index is 1.93. The molecule has 1 aromatic carbocycles. The van der Waals surface area contributed by atoms with Crippen molar-refractivity contribution in [1.29, 1.82) is 0 Å². The van der Waals surface area contributed by atoms with Gasteiger partial charge in [0.05, 0.1) is 11.0 Å². The molecule has 1 aliphatic rings. The number of aliphatic hydroxyl groups is 1. The van der Waals surface area contributed by atoms with Crippen molar-refractivity contribution in [3.05, 3.63) is 29.3 Å². The number of carbonyl (C=O) groups excluding carboxylic acids is 2. The Hall–Kier alpha value is -1.68. The number of aliphatic hydroxyl groups excluding tert-OH is 1. The third-order valence-electron chi connectivity index (χ3n) is 4.71. The molecule has 0 unspecified atom stereocenters. The molecule has 29 heavy (non-hydrogen) atoms. The molecule has 0 saturated heterocycles. The fourth-order valence-corrected chi connectivity index (χ4v) is 4.50. The number of nitrogens with one attached hydrogen (secondary N) is 2. The quantitative estimate of drug-likeness (QED) is 0.413. The molecule has 2 rings (SSSR count). The lowest BCUT2D eigenvalue weighted by Crippen LogP contribution is -2.49. The summed E-state index contributed by atoms with van der Waals surface area (Å²) in [6.45, 7) is 0.711. The molecule has 8 nitrogen and oxygen atoms in total. The van der Waals surface area contributed by atoms with Crippen molar-refractivity contribution in [3.8, 4) is 0 Å². The lowest BCUT2D eigenvalue weighted by Gasteiger charge is -2.21. The summed E-state index contributed by atoms with van der Waals surface area (Å²) in [6.07, 6.45) is 4.78. The standard InChI is InChI=1S/C19H27ClN2O6S/c1-13(23)18(22-29(26,27)16-10-8-14(20)9-11-16)19(25)28-12-17(24)21-15-6-4-2-3-5-7-15/h8-11,13,15,18,22-23H,2-7,12H2,1H3,(H,21,24)/t13-,18+/m0/s1. The minimum Gasteiger partial charge on any atom is -0.454 e. The second-order valence-electron chi connectivity index (χ2n) is 7.16. The van der Waals surface area contributed by atoms with E-state index in [1.807, 2.05) is 0 Å². The topological polar surface area (TPSA) is 122 Å². The first-order valence-corrected chi connectivity index (χ1v) is 11.5. The van der Waals surface area contributed by atoms with E-state index in [-0.39, 0.29) is 10.9 Å². The zero-order valence-corrected chi connectivity index (χ0v) is 17.8. The number of hydrogen-bond acceptors (Lipinski definition) is 6. The smallest absolute Gasteiger partial charge is 0.327 e. The van der Waals surface area contributed by atoms with Crippen molar-refractivity contribution in [2.75, 3.05) is 6.61 Å². The molecule has 2 atom stereocenters. The van der Waals surface area contributed by atoms with Crippen LogP contribution in [0.15, 0.2) is 29.2 Å². The highest BCUT2D eigenvalue weighted by molar-refractivity contribution is 7.89. The number of halogens is 1. The third kappa shape index (κ3) is 7.58. The molecule has 0 aromatic heterocycles. The summed E-state index contributed by atoms with van der Waals surface area (Å²) >= 11 is 5.75. The minimum absolute atomic E-state index is 0.0553. The van der Waals surface area contributed by atoms with Crippen LogP contribution in [0, 0.1) is 0 Å². The van der Waals surface area contributed by atoms with Crippen LogP contribution < -0.4 is 10.0 Å². The first kappa shape index (κ1) is 23.6. The van der Waals surface area contributed by atoms with Gasteiger partial charge in [-0.25, -0.2) is 8.42 Å². The van der Waals surface area contributed by atoms with Crippen LogP contribution in [0.3, 0.4) is 0 Å². The largest absolute Gasteiger partial charge is 0.454 e. The number of ether oxygens (including phenoxy) is 1. The summed E-state index contributed by atoms with van der Waals surface area (Å²) in [7, 11) is -4.10. The highest BCUT2D eigenvalue weighted by Gasteiger charge is 2.31. The predicted octanol–water partition coefficient (Wildman–Crippen LogP) is 1.75. The molecule has 10 heteroatoms. The Bertz CT molecular complexity index is 789. The van der Waals surface area contributed by atoms with Gasteiger partial charge in [0.15, 0.2) is 6.61 Å². The summed E-state index contributed by atoms with van der Waals surface area (Å²) in [4.78, 5) is 24.2. The zero-order valence-electron chi connectivity index (χ0n) is 16.3. The van der Waals surface area contributed by atoms with Gasteiger partial charge in [-0.15, -0.1) is 0 Å². The van der Waals surface area contributed by atoms with E-state index < -0.39 is 40.7 Å². The van der Waals surface area contributed by atoms with Gasteiger partial charge in [0, 0.05) is 11.1 Å². The van der Waals surface area contributed by atoms with E-state index in [4.69, 9.17) is 16.3 Å². The highest BCUT2D eigenvalue weighted by atomic mass is 35.5. The van der Waals surface area contributed by atoms with E-state index in [2.05, 4.69) is 10.0 Å². The van der Waals surface area contributed by atoms with Gasteiger partial charge < -0.3 is 15.2 Å². The van der Waals surface area contributed by atoms with Gasteiger partial charge >= 0.3 is 5.97 Å². The molecule has 0 radical (unpaired) electrons. The molecule has 1 amide bonds. The molecule has 1 fully saturated rings. The van der Waals surface area contributed by atoms with Crippen molar-refractivity contribution in [2.24, 2.45) is 0 Å². The fourth-order valence-electron chi connectivity index (χ4n) is 3.11. The van der Waals surface area contributed by atoms with Crippen LogP contribution in [0.25, 0.3) is 0 Å². The van der Waals surface area contributed by atoms with E-state index in [0.717, 1.165) is 38.5 Å². The summed E-state index contributed by atoms with van der Waals surface area (Å²) in [5, 5.41) is 13.0. The Kier molecular flexibility index (Phi) is 8.88. The number of carbonyl (C=O) groups is 2. The number of esters is 1. The number of benzene rings is 1. The molecule has 0 spiro atoms. The lowest BCUT2D eigenvalue weighted by molar-refractivity contribution is -0.152. The third-order valence-corrected chi connectivity index (χ3v) is 6.42. The molecule has 3 N–H and O–H groups in total. The van der Waals surface area contributed by atoms with Gasteiger partial charge in [0.1, 0.15) is 6.04 Å². The van der Waals surface area contributed by atoms with Gasteiger partial charge in [-0.1, -0.05) is 37.3 Å². The van der Waals surface area contributed by atoms with E-state index in [1.165, 1.54) is 31.2 Å². The number of sulfonamides is 1. The summed E-state index contributed by atoms with van der Waals surface area (Å²) < 4.78 is 31.9. The number of hydrogen-bond donors (Lipinski definition) is 3. The first-order chi connectivity index (χ1) is 13.7. The maximum absolute atomic E-state index is 12.4. The molecule has 1 saturated carbocycles. The van der Waals surface area contributed by atoms with Crippen molar-refractivity contribution in [1.82, 2.24) is 10.0 Å². The molecular weight excluding hydrogens is 420 g/mol. The lowest BCUT2D eigenvalue weighted by atomic mass is 10.1. The first-order valence-electron chi connectivity index (χ1n) is 9.61. The van der Waals surface area contributed by atoms with Crippen molar-refractivity contribution in [3.63, 3.8) is 0 Å². The second kappa shape index (κ2) is 10.9. The summed E-state index contributed by atoms with van der Waals surface area (Å²) in [5.74, 6) is -1.48. The van der Waals surface area contributed by atoms with Crippen LogP contribution in [0.2, 0.25) is 5.02 Å². The minimum atomic E-state index is -4.10. The molecule has 0 heterocycles. The highest BCUT2D eigenvalue weighted by Crippen LogP contribution is 2.17. The van der Waals surface area contributed by atoms with Gasteiger partial charge in [0.25, 0.3) is 5.91 Å². The fraction of sp³-hybridized carbons (Fsp3) is 0.579. The van der Waals surface area contributed by atoms with Gasteiger partial charge in [0.2, 0.25) is 10.0 Å². The Morgan fingerprint density at radius 2 is 1.76 bits per heavy atom. The molecule has 1 aliphatic carbocycles. The van der Waals surface area contributed by atoms with Gasteiger partial charge in [-0.05, 0) is 44.0 Å². The molecule has 0 bridgehead atoms. The second-order valence-corrected chi connectivity index (χ2v) is 9.31.